The molecule has 5 heteroatoms. The predicted molar refractivity (Wildman–Crippen MR) is 100 cm³/mol. The average Bonchev–Trinajstić information content (AvgIpc) is 3.22. The quantitative estimate of drug-likeness (QED) is 0.708. The zero-order chi connectivity index (χ0) is 17.4. The van der Waals surface area contributed by atoms with Crippen molar-refractivity contribution in [2.24, 2.45) is 0 Å². The molecule has 3 aromatic rings. The largest absolute Gasteiger partial charge is 0.361 e. The minimum atomic E-state index is 0.758. The van der Waals surface area contributed by atoms with Gasteiger partial charge in [-0.15, -0.1) is 0 Å². The molecule has 0 saturated carbocycles. The highest BCUT2D eigenvalue weighted by Gasteiger charge is 2.06. The fourth-order valence-corrected chi connectivity index (χ4v) is 2.38. The summed E-state index contributed by atoms with van der Waals surface area (Å²) in [4.78, 5) is 9.53. The number of H-pyrrole nitrogens is 1. The van der Waals surface area contributed by atoms with E-state index >= 15 is 0 Å². The SMILES string of the molecule is C=CC=C.CN(C)CCc1c[nH]c2ccc(Cn3cncn3)cc12. The lowest BCUT2D eigenvalue weighted by atomic mass is 10.1. The molecular weight excluding hydrogens is 298 g/mol. The standard InChI is InChI=1S/C15H19N5.C4H6/c1-19(2)6-5-13-8-17-15-4-3-12(7-14(13)15)9-20-11-16-10-18-20;1-3-4-2/h3-4,7-8,10-11,17H,5-6,9H2,1-2H3;3-4H,1-2H2. The van der Waals surface area contributed by atoms with Crippen LogP contribution in [0.1, 0.15) is 11.1 Å². The molecule has 0 saturated heterocycles. The Morgan fingerprint density at radius 1 is 1.25 bits per heavy atom. The second kappa shape index (κ2) is 8.84. The van der Waals surface area contributed by atoms with Crippen LogP contribution < -0.4 is 0 Å². The van der Waals surface area contributed by atoms with Gasteiger partial charge in [-0.2, -0.15) is 5.10 Å². The summed E-state index contributed by atoms with van der Waals surface area (Å²) in [6, 6.07) is 6.52. The Balaban J connectivity index is 0.000000471. The molecule has 0 fully saturated rings. The predicted octanol–water partition coefficient (Wildman–Crippen LogP) is 3.27. The summed E-state index contributed by atoms with van der Waals surface area (Å²) >= 11 is 0. The maximum Gasteiger partial charge on any atom is 0.137 e. The molecule has 24 heavy (non-hydrogen) atoms. The summed E-state index contributed by atoms with van der Waals surface area (Å²) < 4.78 is 1.84. The number of fused-ring (bicyclic) bond motifs is 1. The van der Waals surface area contributed by atoms with Crippen molar-refractivity contribution in [1.82, 2.24) is 24.6 Å². The van der Waals surface area contributed by atoms with Crippen molar-refractivity contribution in [2.45, 2.75) is 13.0 Å². The van der Waals surface area contributed by atoms with Gasteiger partial charge < -0.3 is 9.88 Å². The van der Waals surface area contributed by atoms with Crippen LogP contribution in [0.25, 0.3) is 10.9 Å². The van der Waals surface area contributed by atoms with Gasteiger partial charge in [0, 0.05) is 23.6 Å². The van der Waals surface area contributed by atoms with Crippen LogP contribution in [-0.2, 0) is 13.0 Å². The summed E-state index contributed by atoms with van der Waals surface area (Å²) in [5.41, 5.74) is 3.81. The first-order valence-electron chi connectivity index (χ1n) is 7.93. The van der Waals surface area contributed by atoms with Crippen molar-refractivity contribution in [3.05, 3.63) is 73.5 Å². The topological polar surface area (TPSA) is 49.7 Å². The van der Waals surface area contributed by atoms with Crippen LogP contribution in [0, 0.1) is 0 Å². The van der Waals surface area contributed by atoms with E-state index in [1.807, 2.05) is 4.68 Å². The third-order valence-electron chi connectivity index (χ3n) is 3.64. The van der Waals surface area contributed by atoms with Crippen LogP contribution in [-0.4, -0.2) is 45.3 Å². The first-order chi connectivity index (χ1) is 11.6. The molecule has 2 aromatic heterocycles. The van der Waals surface area contributed by atoms with Gasteiger partial charge in [-0.25, -0.2) is 9.67 Å². The minimum Gasteiger partial charge on any atom is -0.361 e. The van der Waals surface area contributed by atoms with Crippen molar-refractivity contribution in [3.8, 4) is 0 Å². The molecule has 0 unspecified atom stereocenters. The molecule has 0 amide bonds. The van der Waals surface area contributed by atoms with Crippen LogP contribution in [0.3, 0.4) is 0 Å². The monoisotopic (exact) mass is 323 g/mol. The Morgan fingerprint density at radius 2 is 2.04 bits per heavy atom. The number of rotatable bonds is 6. The molecule has 0 bridgehead atoms. The lowest BCUT2D eigenvalue weighted by molar-refractivity contribution is 0.414. The Kier molecular flexibility index (Phi) is 6.51. The lowest BCUT2D eigenvalue weighted by Gasteiger charge is -2.08. The van der Waals surface area contributed by atoms with Crippen LogP contribution >= 0.6 is 0 Å². The van der Waals surface area contributed by atoms with Crippen LogP contribution in [0.2, 0.25) is 0 Å². The van der Waals surface area contributed by atoms with E-state index in [1.54, 1.807) is 24.8 Å². The zero-order valence-corrected chi connectivity index (χ0v) is 14.4. The van der Waals surface area contributed by atoms with E-state index in [0.29, 0.717) is 0 Å². The molecule has 0 radical (unpaired) electrons. The first-order valence-corrected chi connectivity index (χ1v) is 7.93. The summed E-state index contributed by atoms with van der Waals surface area (Å²) in [6.45, 7) is 8.54. The number of aromatic amines is 1. The van der Waals surface area contributed by atoms with Crippen molar-refractivity contribution < 1.29 is 0 Å². The van der Waals surface area contributed by atoms with Gasteiger partial charge in [0.15, 0.2) is 0 Å². The molecule has 0 aliphatic heterocycles. The maximum absolute atomic E-state index is 4.15. The Bertz CT molecular complexity index is 762. The molecular formula is C19H25N5. The van der Waals surface area contributed by atoms with Crippen molar-refractivity contribution in [2.75, 3.05) is 20.6 Å². The van der Waals surface area contributed by atoms with Gasteiger partial charge in [0.05, 0.1) is 6.54 Å². The van der Waals surface area contributed by atoms with E-state index in [4.69, 9.17) is 0 Å². The van der Waals surface area contributed by atoms with Crippen molar-refractivity contribution >= 4 is 10.9 Å². The van der Waals surface area contributed by atoms with Crippen LogP contribution in [0.15, 0.2) is 62.4 Å². The van der Waals surface area contributed by atoms with Gasteiger partial charge in [0.2, 0.25) is 0 Å². The second-order valence-electron chi connectivity index (χ2n) is 5.81. The van der Waals surface area contributed by atoms with E-state index < -0.39 is 0 Å². The maximum atomic E-state index is 4.15. The molecule has 1 aromatic carbocycles. The van der Waals surface area contributed by atoms with E-state index in [2.05, 4.69) is 71.6 Å². The Labute approximate surface area is 143 Å². The van der Waals surface area contributed by atoms with Gasteiger partial charge in [0.25, 0.3) is 0 Å². The number of likely N-dealkylation sites (N-methyl/N-ethyl adjacent to an activating group) is 1. The molecule has 0 spiro atoms. The molecule has 3 rings (SSSR count). The van der Waals surface area contributed by atoms with Crippen molar-refractivity contribution in [3.63, 3.8) is 0 Å². The molecule has 0 atom stereocenters. The summed E-state index contributed by atoms with van der Waals surface area (Å²) in [7, 11) is 4.20. The number of hydrogen-bond donors (Lipinski definition) is 1. The molecule has 0 aliphatic rings. The summed E-state index contributed by atoms with van der Waals surface area (Å²) in [6.07, 6.45) is 9.76. The molecule has 5 nitrogen and oxygen atoms in total. The smallest absolute Gasteiger partial charge is 0.137 e. The third kappa shape index (κ3) is 4.93. The fraction of sp³-hybridized carbons (Fsp3) is 0.263. The highest BCUT2D eigenvalue weighted by Crippen LogP contribution is 2.21. The van der Waals surface area contributed by atoms with Gasteiger partial charge in [-0.3, -0.25) is 0 Å². The van der Waals surface area contributed by atoms with E-state index in [9.17, 15) is 0 Å². The molecule has 0 aliphatic carbocycles. The highest BCUT2D eigenvalue weighted by atomic mass is 15.3. The number of nitrogens with one attached hydrogen (secondary N) is 1. The van der Waals surface area contributed by atoms with E-state index in [1.165, 1.54) is 22.0 Å². The lowest BCUT2D eigenvalue weighted by Crippen LogP contribution is -2.14. The second-order valence-corrected chi connectivity index (χ2v) is 5.81. The highest BCUT2D eigenvalue weighted by molar-refractivity contribution is 5.83. The summed E-state index contributed by atoms with van der Waals surface area (Å²) in [5, 5.41) is 5.46. The Morgan fingerprint density at radius 3 is 2.67 bits per heavy atom. The minimum absolute atomic E-state index is 0.758. The number of aromatic nitrogens is 4. The normalized spacial score (nSPS) is 10.5. The average molecular weight is 323 g/mol. The molecule has 1 N–H and O–H groups in total. The number of hydrogen-bond acceptors (Lipinski definition) is 3. The van der Waals surface area contributed by atoms with Gasteiger partial charge in [-0.05, 0) is 43.8 Å². The van der Waals surface area contributed by atoms with E-state index in [0.717, 1.165) is 19.5 Å². The zero-order valence-electron chi connectivity index (χ0n) is 14.4. The first kappa shape index (κ1) is 17.7. The van der Waals surface area contributed by atoms with E-state index in [-0.39, 0.29) is 0 Å². The third-order valence-corrected chi connectivity index (χ3v) is 3.64. The van der Waals surface area contributed by atoms with Crippen molar-refractivity contribution in [1.29, 1.82) is 0 Å². The van der Waals surface area contributed by atoms with Crippen LogP contribution in [0.5, 0.6) is 0 Å². The molecule has 2 heterocycles. The van der Waals surface area contributed by atoms with Gasteiger partial charge in [-0.1, -0.05) is 31.4 Å². The van der Waals surface area contributed by atoms with Crippen LogP contribution in [0.4, 0.5) is 0 Å². The number of nitrogens with zero attached hydrogens (tertiary/aromatic N) is 4. The summed E-state index contributed by atoms with van der Waals surface area (Å²) in [5.74, 6) is 0. The number of allylic oxidation sites excluding steroid dienone is 2. The van der Waals surface area contributed by atoms with Gasteiger partial charge in [0.1, 0.15) is 12.7 Å². The van der Waals surface area contributed by atoms with Gasteiger partial charge >= 0.3 is 0 Å². The Hall–Kier alpha value is -2.66. The number of benzene rings is 1. The molecule has 126 valence electrons. The fourth-order valence-electron chi connectivity index (χ4n) is 2.38.